The third-order valence-electron chi connectivity index (χ3n) is 4.73. The third-order valence-corrected chi connectivity index (χ3v) is 6.44. The Labute approximate surface area is 173 Å². The fourth-order valence-electron chi connectivity index (χ4n) is 3.35. The van der Waals surface area contributed by atoms with Crippen LogP contribution in [0.25, 0.3) is 10.9 Å². The predicted molar refractivity (Wildman–Crippen MR) is 114 cm³/mol. The highest BCUT2D eigenvalue weighted by Gasteiger charge is 2.22. The molecule has 0 unspecified atom stereocenters. The van der Waals surface area contributed by atoms with Gasteiger partial charge in [-0.05, 0) is 35.9 Å². The molecule has 0 aliphatic carbocycles. The van der Waals surface area contributed by atoms with E-state index < -0.39 is 15.7 Å². The number of fused-ring (bicyclic) bond motifs is 1. The SMILES string of the molecule is O=C(Cn1cc(S(=O)(=O)Cc2ccccc2)c2ccccc21)Nc1ccc(F)cc1. The molecule has 1 heterocycles. The van der Waals surface area contributed by atoms with E-state index in [-0.39, 0.29) is 23.1 Å². The standard InChI is InChI=1S/C23H19FN2O3S/c24-18-10-12-19(13-11-18)25-23(27)15-26-14-22(20-8-4-5-9-21(20)26)30(28,29)16-17-6-2-1-3-7-17/h1-14H,15-16H2,(H,25,27). The molecule has 5 nitrogen and oxygen atoms in total. The number of sulfone groups is 1. The highest BCUT2D eigenvalue weighted by Crippen LogP contribution is 2.28. The van der Waals surface area contributed by atoms with Crippen LogP contribution in [0.1, 0.15) is 5.56 Å². The first-order valence-electron chi connectivity index (χ1n) is 9.32. The second-order valence-electron chi connectivity index (χ2n) is 6.94. The van der Waals surface area contributed by atoms with Crippen molar-refractivity contribution in [2.24, 2.45) is 0 Å². The maximum absolute atomic E-state index is 13.1. The summed E-state index contributed by atoms with van der Waals surface area (Å²) < 4.78 is 40.8. The van der Waals surface area contributed by atoms with E-state index >= 15 is 0 Å². The van der Waals surface area contributed by atoms with Crippen molar-refractivity contribution in [1.29, 1.82) is 0 Å². The van der Waals surface area contributed by atoms with Crippen molar-refractivity contribution in [3.63, 3.8) is 0 Å². The van der Waals surface area contributed by atoms with E-state index in [1.807, 2.05) is 6.07 Å². The molecule has 0 atom stereocenters. The van der Waals surface area contributed by atoms with Gasteiger partial charge in [0.2, 0.25) is 5.91 Å². The lowest BCUT2D eigenvalue weighted by molar-refractivity contribution is -0.116. The summed E-state index contributed by atoms with van der Waals surface area (Å²) in [5.74, 6) is -0.851. The van der Waals surface area contributed by atoms with Crippen molar-refractivity contribution in [3.8, 4) is 0 Å². The highest BCUT2D eigenvalue weighted by atomic mass is 32.2. The Balaban J connectivity index is 1.63. The monoisotopic (exact) mass is 422 g/mol. The molecule has 0 spiro atoms. The summed E-state index contributed by atoms with van der Waals surface area (Å²) >= 11 is 0. The van der Waals surface area contributed by atoms with Gasteiger partial charge in [0, 0.05) is 22.8 Å². The highest BCUT2D eigenvalue weighted by molar-refractivity contribution is 7.90. The topological polar surface area (TPSA) is 68.2 Å². The number of hydrogen-bond acceptors (Lipinski definition) is 3. The summed E-state index contributed by atoms with van der Waals surface area (Å²) in [6.07, 6.45) is 1.51. The normalized spacial score (nSPS) is 11.5. The second-order valence-corrected chi connectivity index (χ2v) is 8.90. The van der Waals surface area contributed by atoms with E-state index in [4.69, 9.17) is 0 Å². The number of rotatable bonds is 6. The van der Waals surface area contributed by atoms with Crippen molar-refractivity contribution >= 4 is 32.3 Å². The molecule has 0 bridgehead atoms. The molecule has 1 N–H and O–H groups in total. The lowest BCUT2D eigenvalue weighted by atomic mass is 10.2. The number of para-hydroxylation sites is 1. The third kappa shape index (κ3) is 4.26. The molecule has 3 aromatic carbocycles. The molecule has 0 aliphatic heterocycles. The first kappa shape index (κ1) is 19.8. The summed E-state index contributed by atoms with van der Waals surface area (Å²) in [5, 5.41) is 3.27. The summed E-state index contributed by atoms with van der Waals surface area (Å²) in [4.78, 5) is 12.7. The first-order valence-corrected chi connectivity index (χ1v) is 11.0. The van der Waals surface area contributed by atoms with Crippen LogP contribution in [0.3, 0.4) is 0 Å². The van der Waals surface area contributed by atoms with Crippen LogP contribution in [-0.2, 0) is 26.9 Å². The van der Waals surface area contributed by atoms with Gasteiger partial charge in [0.05, 0.1) is 10.6 Å². The summed E-state index contributed by atoms with van der Waals surface area (Å²) in [6.45, 7) is -0.0707. The van der Waals surface area contributed by atoms with Crippen LogP contribution in [0, 0.1) is 5.82 Å². The molecule has 0 saturated carbocycles. The van der Waals surface area contributed by atoms with Crippen LogP contribution in [0.4, 0.5) is 10.1 Å². The zero-order chi connectivity index (χ0) is 21.1. The van der Waals surface area contributed by atoms with Crippen LogP contribution in [0.2, 0.25) is 0 Å². The maximum atomic E-state index is 13.1. The lowest BCUT2D eigenvalue weighted by Crippen LogP contribution is -2.18. The van der Waals surface area contributed by atoms with E-state index in [0.717, 1.165) is 0 Å². The summed E-state index contributed by atoms with van der Waals surface area (Å²) in [5.41, 5.74) is 1.82. The molecular formula is C23H19FN2O3S. The average Bonchev–Trinajstić information content (AvgIpc) is 3.10. The van der Waals surface area contributed by atoms with E-state index in [1.54, 1.807) is 53.1 Å². The summed E-state index contributed by atoms with van der Waals surface area (Å²) in [7, 11) is -3.61. The zero-order valence-corrected chi connectivity index (χ0v) is 16.8. The minimum absolute atomic E-state index is 0.0707. The fourth-order valence-corrected chi connectivity index (χ4v) is 4.93. The van der Waals surface area contributed by atoms with Gasteiger partial charge in [-0.15, -0.1) is 0 Å². The molecule has 0 radical (unpaired) electrons. The Hall–Kier alpha value is -3.45. The van der Waals surface area contributed by atoms with Crippen molar-refractivity contribution in [1.82, 2.24) is 4.57 Å². The lowest BCUT2D eigenvalue weighted by Gasteiger charge is -2.07. The van der Waals surface area contributed by atoms with Crippen LogP contribution in [0.15, 0.2) is 90.0 Å². The zero-order valence-electron chi connectivity index (χ0n) is 16.0. The van der Waals surface area contributed by atoms with Crippen LogP contribution >= 0.6 is 0 Å². The quantitative estimate of drug-likeness (QED) is 0.501. The van der Waals surface area contributed by atoms with Gasteiger partial charge in [-0.25, -0.2) is 12.8 Å². The molecule has 152 valence electrons. The van der Waals surface area contributed by atoms with Crippen molar-refractivity contribution in [2.75, 3.05) is 5.32 Å². The number of aromatic nitrogens is 1. The van der Waals surface area contributed by atoms with Gasteiger partial charge in [0.25, 0.3) is 0 Å². The van der Waals surface area contributed by atoms with Gasteiger partial charge in [-0.2, -0.15) is 0 Å². The number of nitrogens with one attached hydrogen (secondary N) is 1. The number of carbonyl (C=O) groups is 1. The molecule has 7 heteroatoms. The molecule has 0 fully saturated rings. The molecule has 0 aliphatic rings. The van der Waals surface area contributed by atoms with Gasteiger partial charge < -0.3 is 9.88 Å². The number of benzene rings is 3. The average molecular weight is 422 g/mol. The largest absolute Gasteiger partial charge is 0.337 e. The minimum Gasteiger partial charge on any atom is -0.337 e. The Morgan fingerprint density at radius 2 is 1.57 bits per heavy atom. The number of hydrogen-bond donors (Lipinski definition) is 1. The van der Waals surface area contributed by atoms with Crippen LogP contribution in [0.5, 0.6) is 0 Å². The number of anilines is 1. The maximum Gasteiger partial charge on any atom is 0.244 e. The molecule has 30 heavy (non-hydrogen) atoms. The number of nitrogens with zero attached hydrogens (tertiary/aromatic N) is 1. The molecule has 4 aromatic rings. The smallest absolute Gasteiger partial charge is 0.244 e. The Kier molecular flexibility index (Phi) is 5.37. The molecule has 1 amide bonds. The van der Waals surface area contributed by atoms with Crippen LogP contribution < -0.4 is 5.32 Å². The Bertz CT molecular complexity index is 1300. The van der Waals surface area contributed by atoms with Gasteiger partial charge in [-0.1, -0.05) is 48.5 Å². The molecular weight excluding hydrogens is 403 g/mol. The van der Waals surface area contributed by atoms with Gasteiger partial charge in [0.15, 0.2) is 9.84 Å². The first-order chi connectivity index (χ1) is 14.4. The molecule has 0 saturated heterocycles. The molecule has 4 rings (SSSR count). The number of amides is 1. The van der Waals surface area contributed by atoms with Crippen LogP contribution in [-0.4, -0.2) is 18.9 Å². The van der Waals surface area contributed by atoms with Gasteiger partial charge >= 0.3 is 0 Å². The van der Waals surface area contributed by atoms with E-state index in [0.29, 0.717) is 22.2 Å². The molecule has 1 aromatic heterocycles. The minimum atomic E-state index is -3.61. The van der Waals surface area contributed by atoms with E-state index in [9.17, 15) is 17.6 Å². The van der Waals surface area contributed by atoms with Crippen molar-refractivity contribution in [3.05, 3.63) is 96.4 Å². The van der Waals surface area contributed by atoms with Crippen molar-refractivity contribution in [2.45, 2.75) is 17.2 Å². The van der Waals surface area contributed by atoms with Gasteiger partial charge in [-0.3, -0.25) is 4.79 Å². The van der Waals surface area contributed by atoms with E-state index in [1.165, 1.54) is 30.5 Å². The fraction of sp³-hybridized carbons (Fsp3) is 0.0870. The van der Waals surface area contributed by atoms with E-state index in [2.05, 4.69) is 5.32 Å². The predicted octanol–water partition coefficient (Wildman–Crippen LogP) is 4.39. The van der Waals surface area contributed by atoms with Gasteiger partial charge in [0.1, 0.15) is 12.4 Å². The Morgan fingerprint density at radius 1 is 0.900 bits per heavy atom. The summed E-state index contributed by atoms with van der Waals surface area (Å²) in [6, 6.07) is 21.5. The number of carbonyl (C=O) groups excluding carboxylic acids is 1. The van der Waals surface area contributed by atoms with Crippen molar-refractivity contribution < 1.29 is 17.6 Å². The Morgan fingerprint density at radius 3 is 2.30 bits per heavy atom. The second kappa shape index (κ2) is 8.12. The number of halogens is 1.